The predicted molar refractivity (Wildman–Crippen MR) is 59.5 cm³/mol. The summed E-state index contributed by atoms with van der Waals surface area (Å²) in [6.45, 7) is 2.32. The number of carbonyl (C=O) groups excluding carboxylic acids is 1. The molecule has 1 saturated carbocycles. The maximum Gasteiger partial charge on any atom is 0.335 e. The van der Waals surface area contributed by atoms with E-state index in [2.05, 4.69) is 12.2 Å². The first kappa shape index (κ1) is 11.5. The van der Waals surface area contributed by atoms with Gasteiger partial charge in [0.2, 0.25) is 0 Å². The molecule has 1 heterocycles. The largest absolute Gasteiger partial charge is 0.466 e. The van der Waals surface area contributed by atoms with Gasteiger partial charge >= 0.3 is 5.97 Å². The Morgan fingerprint density at radius 2 is 2.38 bits per heavy atom. The first-order valence-corrected chi connectivity index (χ1v) is 5.84. The summed E-state index contributed by atoms with van der Waals surface area (Å²) in [6.07, 6.45) is 3.76. The first-order valence-electron chi connectivity index (χ1n) is 5.84. The average molecular weight is 225 g/mol. The van der Waals surface area contributed by atoms with E-state index in [4.69, 9.17) is 4.74 Å². The fourth-order valence-corrected chi connectivity index (χ4v) is 3.21. The highest BCUT2D eigenvalue weighted by Gasteiger charge is 2.44. The lowest BCUT2D eigenvalue weighted by Crippen LogP contribution is -2.42. The lowest BCUT2D eigenvalue weighted by molar-refractivity contribution is -0.137. The van der Waals surface area contributed by atoms with Gasteiger partial charge in [0.1, 0.15) is 0 Å². The van der Waals surface area contributed by atoms with Crippen LogP contribution in [0.4, 0.5) is 0 Å². The third-order valence-corrected chi connectivity index (χ3v) is 3.99. The van der Waals surface area contributed by atoms with E-state index < -0.39 is 0 Å². The molecule has 2 aliphatic rings. The van der Waals surface area contributed by atoms with Crippen LogP contribution in [-0.4, -0.2) is 30.8 Å². The van der Waals surface area contributed by atoms with Crippen LogP contribution in [0.3, 0.4) is 0 Å². The maximum atomic E-state index is 11.6. The summed E-state index contributed by atoms with van der Waals surface area (Å²) in [6, 6.07) is 0.318. The molecular formula is C12H19NO3. The zero-order chi connectivity index (χ0) is 11.7. The molecular weight excluding hydrogens is 206 g/mol. The molecule has 4 atom stereocenters. The minimum absolute atomic E-state index is 0.210. The van der Waals surface area contributed by atoms with Crippen molar-refractivity contribution in [3.63, 3.8) is 0 Å². The average Bonchev–Trinajstić information content (AvgIpc) is 2.73. The molecule has 4 nitrogen and oxygen atoms in total. The van der Waals surface area contributed by atoms with Crippen LogP contribution in [0.1, 0.15) is 19.8 Å². The summed E-state index contributed by atoms with van der Waals surface area (Å²) in [5.74, 6) is 0.666. The van der Waals surface area contributed by atoms with Gasteiger partial charge in [0.15, 0.2) is 0 Å². The Morgan fingerprint density at radius 1 is 1.62 bits per heavy atom. The van der Waals surface area contributed by atoms with E-state index >= 15 is 0 Å². The number of nitrogens with one attached hydrogen (secondary N) is 1. The Bertz CT molecular complexity index is 313. The molecule has 0 aromatic carbocycles. The third kappa shape index (κ3) is 1.71. The van der Waals surface area contributed by atoms with Crippen LogP contribution in [0.5, 0.6) is 0 Å². The number of fused-ring (bicyclic) bond motifs is 1. The normalized spacial score (nSPS) is 37.3. The summed E-state index contributed by atoms with van der Waals surface area (Å²) >= 11 is 0. The van der Waals surface area contributed by atoms with E-state index in [0.29, 0.717) is 17.9 Å². The Labute approximate surface area is 95.7 Å². The molecule has 90 valence electrons. The third-order valence-electron chi connectivity index (χ3n) is 3.99. The molecule has 0 aromatic heterocycles. The van der Waals surface area contributed by atoms with Gasteiger partial charge in [-0.1, -0.05) is 0 Å². The van der Waals surface area contributed by atoms with Crippen molar-refractivity contribution >= 4 is 5.97 Å². The number of hydrogen-bond acceptors (Lipinski definition) is 4. The predicted octanol–water partition coefficient (Wildman–Crippen LogP) is 0.670. The summed E-state index contributed by atoms with van der Waals surface area (Å²) in [4.78, 5) is 11.6. The van der Waals surface area contributed by atoms with E-state index in [1.165, 1.54) is 7.11 Å². The molecule has 2 N–H and O–H groups in total. The van der Waals surface area contributed by atoms with Crippen molar-refractivity contribution in [1.29, 1.82) is 0 Å². The smallest absolute Gasteiger partial charge is 0.335 e. The van der Waals surface area contributed by atoms with Gasteiger partial charge in [0.25, 0.3) is 0 Å². The number of methoxy groups -OCH3 is 1. The van der Waals surface area contributed by atoms with Crippen molar-refractivity contribution in [2.75, 3.05) is 13.7 Å². The molecule has 1 aliphatic carbocycles. The van der Waals surface area contributed by atoms with Gasteiger partial charge in [0.05, 0.1) is 12.7 Å². The minimum atomic E-state index is -0.243. The zero-order valence-corrected chi connectivity index (χ0v) is 9.77. The van der Waals surface area contributed by atoms with Crippen LogP contribution in [0.25, 0.3) is 0 Å². The van der Waals surface area contributed by atoms with E-state index in [-0.39, 0.29) is 18.5 Å². The number of aliphatic hydroxyl groups is 1. The summed E-state index contributed by atoms with van der Waals surface area (Å²) in [5, 5.41) is 12.6. The lowest BCUT2D eigenvalue weighted by atomic mass is 9.78. The van der Waals surface area contributed by atoms with Crippen molar-refractivity contribution < 1.29 is 14.6 Å². The Kier molecular flexibility index (Phi) is 3.19. The van der Waals surface area contributed by atoms with Gasteiger partial charge in [-0.3, -0.25) is 0 Å². The summed E-state index contributed by atoms with van der Waals surface area (Å²) < 4.78 is 4.79. The molecule has 0 radical (unpaired) electrons. The second-order valence-corrected chi connectivity index (χ2v) is 4.75. The number of esters is 1. The number of rotatable bonds is 2. The highest BCUT2D eigenvalue weighted by Crippen LogP contribution is 2.44. The van der Waals surface area contributed by atoms with E-state index in [1.54, 1.807) is 6.20 Å². The van der Waals surface area contributed by atoms with Crippen LogP contribution in [0.2, 0.25) is 0 Å². The van der Waals surface area contributed by atoms with Crippen LogP contribution in [0, 0.1) is 17.8 Å². The second kappa shape index (κ2) is 4.45. The Balaban J connectivity index is 2.23. The molecule has 0 bridgehead atoms. The quantitative estimate of drug-likeness (QED) is 0.678. The van der Waals surface area contributed by atoms with Crippen LogP contribution in [-0.2, 0) is 9.53 Å². The van der Waals surface area contributed by atoms with Gasteiger partial charge in [-0.2, -0.15) is 0 Å². The molecule has 0 saturated heterocycles. The van der Waals surface area contributed by atoms with E-state index in [1.807, 2.05) is 0 Å². The molecule has 0 amide bonds. The van der Waals surface area contributed by atoms with E-state index in [0.717, 1.165) is 18.4 Å². The van der Waals surface area contributed by atoms with Crippen molar-refractivity contribution in [3.8, 4) is 0 Å². The molecule has 2 rings (SSSR count). The standard InChI is InChI=1S/C12H19NO3/c1-7-11-8(6-14)3-4-9(11)10(5-13-7)12(15)16-2/h5,7-9,11,13-14H,3-4,6H2,1-2H3/t7-,8?,9+,11+/m0/s1. The molecule has 0 spiro atoms. The summed E-state index contributed by atoms with van der Waals surface area (Å²) in [5.41, 5.74) is 0.738. The fourth-order valence-electron chi connectivity index (χ4n) is 3.21. The van der Waals surface area contributed by atoms with Crippen molar-refractivity contribution in [3.05, 3.63) is 11.8 Å². The van der Waals surface area contributed by atoms with Crippen LogP contribution < -0.4 is 5.32 Å². The lowest BCUT2D eigenvalue weighted by Gasteiger charge is -2.34. The number of ether oxygens (including phenoxy) is 1. The van der Waals surface area contributed by atoms with Gasteiger partial charge in [0, 0.05) is 18.8 Å². The second-order valence-electron chi connectivity index (χ2n) is 4.75. The highest BCUT2D eigenvalue weighted by atomic mass is 16.5. The number of hydrogen-bond donors (Lipinski definition) is 2. The fraction of sp³-hybridized carbons (Fsp3) is 0.750. The minimum Gasteiger partial charge on any atom is -0.466 e. The van der Waals surface area contributed by atoms with Crippen molar-refractivity contribution in [2.45, 2.75) is 25.8 Å². The molecule has 4 heteroatoms. The molecule has 1 fully saturated rings. The Morgan fingerprint density at radius 3 is 3.00 bits per heavy atom. The molecule has 1 unspecified atom stereocenters. The number of carbonyl (C=O) groups is 1. The SMILES string of the molecule is COC(=O)C1=CN[C@@H](C)[C@@H]2C(CO)CC[C@H]12. The first-order chi connectivity index (χ1) is 7.69. The van der Waals surface area contributed by atoms with Crippen molar-refractivity contribution in [2.24, 2.45) is 17.8 Å². The highest BCUT2D eigenvalue weighted by molar-refractivity contribution is 5.89. The van der Waals surface area contributed by atoms with Crippen LogP contribution >= 0.6 is 0 Å². The molecule has 16 heavy (non-hydrogen) atoms. The topological polar surface area (TPSA) is 58.6 Å². The van der Waals surface area contributed by atoms with Crippen LogP contribution in [0.15, 0.2) is 11.8 Å². The Hall–Kier alpha value is -1.03. The van der Waals surface area contributed by atoms with Gasteiger partial charge < -0.3 is 15.2 Å². The molecule has 0 aromatic rings. The van der Waals surface area contributed by atoms with Gasteiger partial charge in [-0.25, -0.2) is 4.79 Å². The van der Waals surface area contributed by atoms with Gasteiger partial charge in [-0.05, 0) is 37.5 Å². The summed E-state index contributed by atoms with van der Waals surface area (Å²) in [7, 11) is 1.41. The van der Waals surface area contributed by atoms with E-state index in [9.17, 15) is 9.90 Å². The maximum absolute atomic E-state index is 11.6. The number of aliphatic hydroxyl groups excluding tert-OH is 1. The monoisotopic (exact) mass is 225 g/mol. The molecule has 1 aliphatic heterocycles. The zero-order valence-electron chi connectivity index (χ0n) is 9.77. The van der Waals surface area contributed by atoms with Crippen molar-refractivity contribution in [1.82, 2.24) is 5.32 Å². The van der Waals surface area contributed by atoms with Gasteiger partial charge in [-0.15, -0.1) is 0 Å².